The lowest BCUT2D eigenvalue weighted by molar-refractivity contribution is 0.0729. The molecule has 0 spiro atoms. The van der Waals surface area contributed by atoms with Crippen molar-refractivity contribution in [1.82, 2.24) is 19.5 Å². The van der Waals surface area contributed by atoms with Crippen LogP contribution in [0.5, 0.6) is 0 Å². The number of nitrogens with zero attached hydrogens (tertiary/aromatic N) is 5. The van der Waals surface area contributed by atoms with Crippen molar-refractivity contribution in [3.05, 3.63) is 89.9 Å². The van der Waals surface area contributed by atoms with E-state index in [2.05, 4.69) is 10.2 Å². The molecule has 0 radical (unpaired) electrons. The van der Waals surface area contributed by atoms with E-state index in [0.29, 0.717) is 30.8 Å². The fraction of sp³-hybridized carbons (Fsp3) is 0.240. The second-order valence-corrected chi connectivity index (χ2v) is 10.5. The van der Waals surface area contributed by atoms with Crippen LogP contribution in [0.1, 0.15) is 40.6 Å². The van der Waals surface area contributed by atoms with Gasteiger partial charge in [0.05, 0.1) is 16.6 Å². The molecule has 1 fully saturated rings. The van der Waals surface area contributed by atoms with Gasteiger partial charge in [0.15, 0.2) is 11.5 Å². The summed E-state index contributed by atoms with van der Waals surface area (Å²) in [5.41, 5.74) is 2.81. The number of likely N-dealkylation sites (tertiary alicyclic amines) is 1. The zero-order valence-electron chi connectivity index (χ0n) is 18.4. The van der Waals surface area contributed by atoms with E-state index < -0.39 is 10.0 Å². The summed E-state index contributed by atoms with van der Waals surface area (Å²) in [6.45, 7) is 0.982. The Labute approximate surface area is 197 Å². The molecule has 4 aromatic rings. The van der Waals surface area contributed by atoms with Crippen LogP contribution in [0.3, 0.4) is 0 Å². The van der Waals surface area contributed by atoms with Gasteiger partial charge in [-0.1, -0.05) is 30.3 Å². The van der Waals surface area contributed by atoms with E-state index >= 15 is 0 Å². The number of pyridine rings is 1. The lowest BCUT2D eigenvalue weighted by Gasteiger charge is -2.24. The molecule has 2 aromatic carbocycles. The first-order valence-corrected chi connectivity index (χ1v) is 12.8. The Hall–Kier alpha value is -3.72. The van der Waals surface area contributed by atoms with Crippen molar-refractivity contribution >= 4 is 27.3 Å². The lowest BCUT2D eigenvalue weighted by Crippen LogP contribution is -2.32. The minimum absolute atomic E-state index is 0.124. The van der Waals surface area contributed by atoms with Gasteiger partial charge < -0.3 is 4.90 Å². The standard InChI is InChI=1S/C25H23N5O3S/c31-25(28-15-6-11-22(28)24-27-26-23-12-3-4-14-29(23)24)19-8-5-9-20(17-19)34(32,33)30-16-13-18-7-1-2-10-21(18)30/h1-5,7-10,12,14,17,22H,6,11,13,15-16H2/t22-/m0/s1. The molecule has 0 N–H and O–H groups in total. The predicted octanol–water partition coefficient (Wildman–Crippen LogP) is 3.46. The molecule has 6 rings (SSSR count). The van der Waals surface area contributed by atoms with Gasteiger partial charge in [-0.3, -0.25) is 13.5 Å². The fourth-order valence-electron chi connectivity index (χ4n) is 5.01. The number of hydrogen-bond acceptors (Lipinski definition) is 5. The van der Waals surface area contributed by atoms with Crippen molar-refractivity contribution in [2.24, 2.45) is 0 Å². The molecule has 2 aromatic heterocycles. The summed E-state index contributed by atoms with van der Waals surface area (Å²) < 4.78 is 30.3. The second kappa shape index (κ2) is 7.95. The van der Waals surface area contributed by atoms with E-state index in [0.717, 1.165) is 29.9 Å². The molecule has 2 aliphatic heterocycles. The van der Waals surface area contributed by atoms with Crippen molar-refractivity contribution in [3.63, 3.8) is 0 Å². The first kappa shape index (κ1) is 20.9. The highest BCUT2D eigenvalue weighted by molar-refractivity contribution is 7.92. The van der Waals surface area contributed by atoms with Gasteiger partial charge in [0, 0.05) is 24.8 Å². The molecular formula is C25H23N5O3S. The van der Waals surface area contributed by atoms with Crippen LogP contribution in [-0.2, 0) is 16.4 Å². The zero-order chi connectivity index (χ0) is 23.3. The first-order chi connectivity index (χ1) is 16.5. The number of carbonyl (C=O) groups is 1. The molecule has 0 bridgehead atoms. The van der Waals surface area contributed by atoms with Crippen LogP contribution in [0.4, 0.5) is 5.69 Å². The Balaban J connectivity index is 1.32. The van der Waals surface area contributed by atoms with Crippen molar-refractivity contribution in [2.45, 2.75) is 30.2 Å². The minimum atomic E-state index is -3.78. The van der Waals surface area contributed by atoms with Crippen LogP contribution in [0.2, 0.25) is 0 Å². The molecule has 4 heterocycles. The maximum Gasteiger partial charge on any atom is 0.264 e. The SMILES string of the molecule is O=C(c1cccc(S(=O)(=O)N2CCc3ccccc32)c1)N1CCC[C@H]1c1nnc2ccccn12. The van der Waals surface area contributed by atoms with Crippen LogP contribution in [-0.4, -0.2) is 46.9 Å². The highest BCUT2D eigenvalue weighted by Crippen LogP contribution is 2.35. The largest absolute Gasteiger partial charge is 0.328 e. The van der Waals surface area contributed by atoms with Crippen LogP contribution >= 0.6 is 0 Å². The van der Waals surface area contributed by atoms with E-state index in [9.17, 15) is 13.2 Å². The maximum absolute atomic E-state index is 13.5. The summed E-state index contributed by atoms with van der Waals surface area (Å²) in [7, 11) is -3.78. The van der Waals surface area contributed by atoms with Crippen molar-refractivity contribution < 1.29 is 13.2 Å². The number of sulfonamides is 1. The number of anilines is 1. The van der Waals surface area contributed by atoms with Gasteiger partial charge in [-0.15, -0.1) is 10.2 Å². The molecule has 0 unspecified atom stereocenters. The Morgan fingerprint density at radius 3 is 2.71 bits per heavy atom. The molecule has 8 nitrogen and oxygen atoms in total. The average molecular weight is 474 g/mol. The molecule has 34 heavy (non-hydrogen) atoms. The summed E-state index contributed by atoms with van der Waals surface area (Å²) in [5, 5.41) is 8.58. The summed E-state index contributed by atoms with van der Waals surface area (Å²) >= 11 is 0. The first-order valence-electron chi connectivity index (χ1n) is 11.4. The number of para-hydroxylation sites is 1. The highest BCUT2D eigenvalue weighted by atomic mass is 32.2. The topological polar surface area (TPSA) is 87.9 Å². The lowest BCUT2D eigenvalue weighted by atomic mass is 10.1. The third kappa shape index (κ3) is 3.27. The van der Waals surface area contributed by atoms with E-state index in [1.807, 2.05) is 53.1 Å². The van der Waals surface area contributed by atoms with Gasteiger partial charge >= 0.3 is 0 Å². The smallest absolute Gasteiger partial charge is 0.264 e. The van der Waals surface area contributed by atoms with Crippen molar-refractivity contribution in [3.8, 4) is 0 Å². The Bertz CT molecular complexity index is 1510. The number of rotatable bonds is 4. The number of benzene rings is 2. The number of aromatic nitrogens is 3. The summed E-state index contributed by atoms with van der Waals surface area (Å²) in [6.07, 6.45) is 4.20. The van der Waals surface area contributed by atoms with Gasteiger partial charge in [-0.05, 0) is 61.2 Å². The van der Waals surface area contributed by atoms with Gasteiger partial charge in [0.1, 0.15) is 0 Å². The third-order valence-corrected chi connectivity index (χ3v) is 8.47. The van der Waals surface area contributed by atoms with E-state index in [-0.39, 0.29) is 16.8 Å². The van der Waals surface area contributed by atoms with Crippen LogP contribution in [0, 0.1) is 0 Å². The maximum atomic E-state index is 13.5. The summed E-state index contributed by atoms with van der Waals surface area (Å²) in [5.74, 6) is 0.521. The van der Waals surface area contributed by atoms with Crippen molar-refractivity contribution in [1.29, 1.82) is 0 Å². The Morgan fingerprint density at radius 2 is 1.79 bits per heavy atom. The average Bonchev–Trinajstić information content (AvgIpc) is 3.61. The summed E-state index contributed by atoms with van der Waals surface area (Å²) in [6, 6.07) is 19.4. The van der Waals surface area contributed by atoms with Crippen LogP contribution in [0.25, 0.3) is 5.65 Å². The third-order valence-electron chi connectivity index (χ3n) is 6.67. The molecule has 0 saturated carbocycles. The summed E-state index contributed by atoms with van der Waals surface area (Å²) in [4.78, 5) is 15.4. The predicted molar refractivity (Wildman–Crippen MR) is 127 cm³/mol. The zero-order valence-corrected chi connectivity index (χ0v) is 19.2. The van der Waals surface area contributed by atoms with Crippen LogP contribution in [0.15, 0.2) is 77.8 Å². The van der Waals surface area contributed by atoms with E-state index in [1.165, 1.54) is 10.4 Å². The van der Waals surface area contributed by atoms with Gasteiger partial charge in [-0.2, -0.15) is 0 Å². The van der Waals surface area contributed by atoms with Gasteiger partial charge in [0.25, 0.3) is 15.9 Å². The molecule has 1 saturated heterocycles. The number of fused-ring (bicyclic) bond motifs is 2. The van der Waals surface area contributed by atoms with Gasteiger partial charge in [-0.25, -0.2) is 8.42 Å². The fourth-order valence-corrected chi connectivity index (χ4v) is 6.56. The highest BCUT2D eigenvalue weighted by Gasteiger charge is 2.35. The van der Waals surface area contributed by atoms with E-state index in [1.54, 1.807) is 23.1 Å². The monoisotopic (exact) mass is 473 g/mol. The normalized spacial score (nSPS) is 17.9. The second-order valence-electron chi connectivity index (χ2n) is 8.63. The molecule has 1 amide bonds. The molecule has 0 aliphatic carbocycles. The quantitative estimate of drug-likeness (QED) is 0.453. The molecular weight excluding hydrogens is 450 g/mol. The van der Waals surface area contributed by atoms with Crippen LogP contribution < -0.4 is 4.31 Å². The van der Waals surface area contributed by atoms with Crippen molar-refractivity contribution in [2.75, 3.05) is 17.4 Å². The van der Waals surface area contributed by atoms with Gasteiger partial charge in [0.2, 0.25) is 0 Å². The Morgan fingerprint density at radius 1 is 0.941 bits per heavy atom. The van der Waals surface area contributed by atoms with E-state index in [4.69, 9.17) is 0 Å². The minimum Gasteiger partial charge on any atom is -0.328 e. The Kier molecular flexibility index (Phi) is 4.88. The number of hydrogen-bond donors (Lipinski definition) is 0. The molecule has 9 heteroatoms. The molecule has 2 aliphatic rings. The molecule has 1 atom stereocenters. The molecule has 172 valence electrons. The number of carbonyl (C=O) groups excluding carboxylic acids is 1. The number of amides is 1.